The Bertz CT molecular complexity index is 853. The highest BCUT2D eigenvalue weighted by molar-refractivity contribution is 7.09. The number of aromatic nitrogens is 1. The molecular formula is C17H14Cl2N2O2S. The molecule has 3 aromatic rings. The quantitative estimate of drug-likeness (QED) is 0.686. The van der Waals surface area contributed by atoms with E-state index in [0.29, 0.717) is 33.7 Å². The number of hydrogen-bond acceptors (Lipinski definition) is 4. The first kappa shape index (κ1) is 17.0. The Morgan fingerprint density at radius 3 is 2.67 bits per heavy atom. The Balaban J connectivity index is 1.60. The maximum Gasteiger partial charge on any atom is 0.224 e. The van der Waals surface area contributed by atoms with Crippen LogP contribution in [-0.4, -0.2) is 10.9 Å². The molecule has 0 aliphatic rings. The number of rotatable bonds is 5. The van der Waals surface area contributed by atoms with Crippen LogP contribution in [0.15, 0.2) is 40.1 Å². The van der Waals surface area contributed by atoms with Gasteiger partial charge in [-0.25, -0.2) is 4.98 Å². The van der Waals surface area contributed by atoms with Gasteiger partial charge in [0.2, 0.25) is 5.91 Å². The van der Waals surface area contributed by atoms with Crippen LogP contribution in [0.1, 0.15) is 16.3 Å². The number of carbonyl (C=O) groups excluding carboxylic acids is 1. The van der Waals surface area contributed by atoms with Gasteiger partial charge < -0.3 is 9.73 Å². The van der Waals surface area contributed by atoms with Gasteiger partial charge in [-0.15, -0.1) is 11.3 Å². The van der Waals surface area contributed by atoms with Crippen molar-refractivity contribution in [2.75, 3.05) is 0 Å². The molecule has 4 nitrogen and oxygen atoms in total. The highest BCUT2D eigenvalue weighted by Gasteiger charge is 2.12. The number of hydrogen-bond donors (Lipinski definition) is 1. The van der Waals surface area contributed by atoms with Crippen molar-refractivity contribution in [3.05, 3.63) is 62.1 Å². The van der Waals surface area contributed by atoms with Crippen LogP contribution in [-0.2, 0) is 17.8 Å². The number of thiazole rings is 1. The summed E-state index contributed by atoms with van der Waals surface area (Å²) in [5, 5.41) is 6.69. The number of furan rings is 1. The van der Waals surface area contributed by atoms with E-state index >= 15 is 0 Å². The van der Waals surface area contributed by atoms with Gasteiger partial charge in [0.15, 0.2) is 5.76 Å². The third kappa shape index (κ3) is 3.98. The summed E-state index contributed by atoms with van der Waals surface area (Å²) in [6, 6.07) is 8.85. The van der Waals surface area contributed by atoms with Gasteiger partial charge in [-0.1, -0.05) is 29.3 Å². The van der Waals surface area contributed by atoms with E-state index in [1.54, 1.807) is 29.5 Å². The molecule has 1 N–H and O–H groups in total. The highest BCUT2D eigenvalue weighted by atomic mass is 35.5. The average molecular weight is 381 g/mol. The summed E-state index contributed by atoms with van der Waals surface area (Å²) in [5.41, 5.74) is 1.43. The molecule has 0 spiro atoms. The molecule has 2 aromatic heterocycles. The normalized spacial score (nSPS) is 10.8. The summed E-state index contributed by atoms with van der Waals surface area (Å²) in [6.45, 7) is 2.24. The molecule has 0 atom stereocenters. The molecule has 2 heterocycles. The summed E-state index contributed by atoms with van der Waals surface area (Å²) in [7, 11) is 0. The molecule has 0 saturated heterocycles. The molecule has 3 rings (SSSR count). The smallest absolute Gasteiger partial charge is 0.224 e. The van der Waals surface area contributed by atoms with Crippen molar-refractivity contribution < 1.29 is 9.21 Å². The van der Waals surface area contributed by atoms with E-state index in [1.807, 2.05) is 24.4 Å². The molecule has 7 heteroatoms. The van der Waals surface area contributed by atoms with Crippen molar-refractivity contribution in [3.63, 3.8) is 0 Å². The molecular weight excluding hydrogens is 367 g/mol. The topological polar surface area (TPSA) is 55.1 Å². The van der Waals surface area contributed by atoms with E-state index in [2.05, 4.69) is 10.3 Å². The van der Waals surface area contributed by atoms with Crippen LogP contribution in [0.5, 0.6) is 0 Å². The highest BCUT2D eigenvalue weighted by Crippen LogP contribution is 2.25. The second kappa shape index (κ2) is 7.38. The number of nitrogens with one attached hydrogen (secondary N) is 1. The zero-order chi connectivity index (χ0) is 17.1. The van der Waals surface area contributed by atoms with Crippen molar-refractivity contribution in [1.29, 1.82) is 0 Å². The Morgan fingerprint density at radius 1 is 1.25 bits per heavy atom. The second-order valence-corrected chi connectivity index (χ2v) is 7.05. The standard InChI is InChI=1S/C17H14Cl2N2O2S/c1-10-21-15(9-24-10)16-6-5-11(23-16)8-20-17(22)7-12-13(18)3-2-4-14(12)19/h2-6,9H,7-8H2,1H3,(H,20,22). The van der Waals surface area contributed by atoms with Crippen molar-refractivity contribution >= 4 is 40.4 Å². The third-order valence-electron chi connectivity index (χ3n) is 3.39. The lowest BCUT2D eigenvalue weighted by molar-refractivity contribution is -0.120. The molecule has 0 aliphatic carbocycles. The largest absolute Gasteiger partial charge is 0.458 e. The van der Waals surface area contributed by atoms with E-state index in [1.165, 1.54) is 0 Å². The number of nitrogens with zero attached hydrogens (tertiary/aromatic N) is 1. The van der Waals surface area contributed by atoms with Gasteiger partial charge in [-0.05, 0) is 36.8 Å². The molecule has 0 unspecified atom stereocenters. The van der Waals surface area contributed by atoms with E-state index in [4.69, 9.17) is 27.6 Å². The molecule has 1 aromatic carbocycles. The molecule has 0 saturated carbocycles. The van der Waals surface area contributed by atoms with Gasteiger partial charge >= 0.3 is 0 Å². The Hall–Kier alpha value is -1.82. The summed E-state index contributed by atoms with van der Waals surface area (Å²) in [4.78, 5) is 16.5. The van der Waals surface area contributed by atoms with Gasteiger partial charge in [0, 0.05) is 15.4 Å². The van der Waals surface area contributed by atoms with Crippen molar-refractivity contribution in [3.8, 4) is 11.5 Å². The van der Waals surface area contributed by atoms with Crippen molar-refractivity contribution in [2.45, 2.75) is 19.9 Å². The first-order valence-electron chi connectivity index (χ1n) is 7.23. The second-order valence-electron chi connectivity index (χ2n) is 5.17. The molecule has 124 valence electrons. The summed E-state index contributed by atoms with van der Waals surface area (Å²) < 4.78 is 5.71. The summed E-state index contributed by atoms with van der Waals surface area (Å²) in [6.07, 6.45) is 0.122. The van der Waals surface area contributed by atoms with Crippen LogP contribution in [0.2, 0.25) is 10.0 Å². The Labute approximate surface area is 153 Å². The average Bonchev–Trinajstić information content (AvgIpc) is 3.18. The fourth-order valence-corrected chi connectivity index (χ4v) is 3.33. The third-order valence-corrected chi connectivity index (χ3v) is 4.87. The Kier molecular flexibility index (Phi) is 5.23. The van der Waals surface area contributed by atoms with Crippen LogP contribution in [0, 0.1) is 6.92 Å². The van der Waals surface area contributed by atoms with Crippen LogP contribution < -0.4 is 5.32 Å². The minimum Gasteiger partial charge on any atom is -0.458 e. The number of benzene rings is 1. The fourth-order valence-electron chi connectivity index (χ4n) is 2.20. The minimum absolute atomic E-state index is 0.122. The van der Waals surface area contributed by atoms with Crippen molar-refractivity contribution in [2.24, 2.45) is 0 Å². The lowest BCUT2D eigenvalue weighted by Crippen LogP contribution is -2.24. The molecule has 1 amide bonds. The summed E-state index contributed by atoms with van der Waals surface area (Å²) in [5.74, 6) is 1.18. The van der Waals surface area contributed by atoms with Crippen LogP contribution in [0.3, 0.4) is 0 Å². The van der Waals surface area contributed by atoms with Crippen LogP contribution in [0.25, 0.3) is 11.5 Å². The van der Waals surface area contributed by atoms with E-state index < -0.39 is 0 Å². The summed E-state index contributed by atoms with van der Waals surface area (Å²) >= 11 is 13.7. The van der Waals surface area contributed by atoms with E-state index in [0.717, 1.165) is 10.7 Å². The molecule has 0 fully saturated rings. The monoisotopic (exact) mass is 380 g/mol. The first-order valence-corrected chi connectivity index (χ1v) is 8.87. The SMILES string of the molecule is Cc1nc(-c2ccc(CNC(=O)Cc3c(Cl)cccc3Cl)o2)cs1. The zero-order valence-electron chi connectivity index (χ0n) is 12.8. The van der Waals surface area contributed by atoms with Crippen molar-refractivity contribution in [1.82, 2.24) is 10.3 Å². The van der Waals surface area contributed by atoms with Gasteiger partial charge in [-0.2, -0.15) is 0 Å². The fraction of sp³-hybridized carbons (Fsp3) is 0.176. The number of halogens is 2. The van der Waals surface area contributed by atoms with E-state index in [-0.39, 0.29) is 12.3 Å². The number of aryl methyl sites for hydroxylation is 1. The van der Waals surface area contributed by atoms with Gasteiger partial charge in [-0.3, -0.25) is 4.79 Å². The zero-order valence-corrected chi connectivity index (χ0v) is 15.1. The molecule has 0 radical (unpaired) electrons. The number of amides is 1. The van der Waals surface area contributed by atoms with E-state index in [9.17, 15) is 4.79 Å². The van der Waals surface area contributed by atoms with Crippen LogP contribution >= 0.6 is 34.5 Å². The van der Waals surface area contributed by atoms with Gasteiger partial charge in [0.25, 0.3) is 0 Å². The lowest BCUT2D eigenvalue weighted by atomic mass is 10.1. The van der Waals surface area contributed by atoms with Gasteiger partial charge in [0.1, 0.15) is 11.5 Å². The maximum absolute atomic E-state index is 12.1. The lowest BCUT2D eigenvalue weighted by Gasteiger charge is -2.07. The first-order chi connectivity index (χ1) is 11.5. The maximum atomic E-state index is 12.1. The molecule has 0 bridgehead atoms. The molecule has 24 heavy (non-hydrogen) atoms. The predicted molar refractivity (Wildman–Crippen MR) is 96.6 cm³/mol. The molecule has 0 aliphatic heterocycles. The number of carbonyl (C=O) groups is 1. The minimum atomic E-state index is -0.174. The van der Waals surface area contributed by atoms with Crippen LogP contribution in [0.4, 0.5) is 0 Å². The Morgan fingerprint density at radius 2 is 2.00 bits per heavy atom. The predicted octanol–water partition coefficient (Wildman–Crippen LogP) is 4.88. The van der Waals surface area contributed by atoms with Gasteiger partial charge in [0.05, 0.1) is 18.0 Å².